The molecule has 0 aliphatic heterocycles. The number of hydrogen-bond donors (Lipinski definition) is 1. The zero-order chi connectivity index (χ0) is 14.7. The number of fused-ring (bicyclic) bond motifs is 1. The maximum absolute atomic E-state index is 12.3. The van der Waals surface area contributed by atoms with E-state index in [1.165, 1.54) is 0 Å². The molecule has 3 aromatic rings. The maximum Gasteiger partial charge on any atom is 0.253 e. The molecule has 0 saturated carbocycles. The smallest absolute Gasteiger partial charge is 0.253 e. The molecule has 0 radical (unpaired) electrons. The highest BCUT2D eigenvalue weighted by Crippen LogP contribution is 2.14. The van der Waals surface area contributed by atoms with Crippen LogP contribution in [0.25, 0.3) is 11.0 Å². The van der Waals surface area contributed by atoms with E-state index in [1.807, 2.05) is 36.4 Å². The number of nitrogens with zero attached hydrogens (tertiary/aromatic N) is 2. The Kier molecular flexibility index (Phi) is 3.92. The number of para-hydroxylation sites is 1. The van der Waals surface area contributed by atoms with Gasteiger partial charge in [-0.1, -0.05) is 34.1 Å². The van der Waals surface area contributed by atoms with Crippen molar-refractivity contribution in [3.8, 4) is 0 Å². The molecular weight excluding hydrogens is 330 g/mol. The molecule has 0 fully saturated rings. The zero-order valence-corrected chi connectivity index (χ0v) is 12.7. The van der Waals surface area contributed by atoms with Crippen molar-refractivity contribution in [2.75, 3.05) is 0 Å². The van der Waals surface area contributed by atoms with Crippen molar-refractivity contribution < 1.29 is 4.79 Å². The topological polar surface area (TPSA) is 54.9 Å². The van der Waals surface area contributed by atoms with Gasteiger partial charge in [0.25, 0.3) is 5.91 Å². The lowest BCUT2D eigenvalue weighted by Gasteiger charge is -2.07. The fourth-order valence-corrected chi connectivity index (χ4v) is 2.55. The molecule has 1 heterocycles. The lowest BCUT2D eigenvalue weighted by molar-refractivity contribution is 0.0952. The number of carbonyl (C=O) groups is 1. The van der Waals surface area contributed by atoms with Crippen molar-refractivity contribution in [1.29, 1.82) is 0 Å². The molecule has 0 spiro atoms. The van der Waals surface area contributed by atoms with Crippen LogP contribution in [-0.2, 0) is 6.54 Å². The third-order valence-corrected chi connectivity index (χ3v) is 3.58. The van der Waals surface area contributed by atoms with Crippen LogP contribution in [0.3, 0.4) is 0 Å². The summed E-state index contributed by atoms with van der Waals surface area (Å²) < 4.78 is 0.991. The SMILES string of the molecule is O=C(NCc1cccc(Br)c1)c1cccc2nccnc12. The van der Waals surface area contributed by atoms with E-state index in [9.17, 15) is 4.79 Å². The summed E-state index contributed by atoms with van der Waals surface area (Å²) in [6, 6.07) is 13.2. The molecule has 21 heavy (non-hydrogen) atoms. The van der Waals surface area contributed by atoms with E-state index in [0.717, 1.165) is 10.0 Å². The number of aromatic nitrogens is 2. The van der Waals surface area contributed by atoms with Crippen LogP contribution in [0, 0.1) is 0 Å². The van der Waals surface area contributed by atoms with Crippen molar-refractivity contribution in [2.24, 2.45) is 0 Å². The van der Waals surface area contributed by atoms with Gasteiger partial charge in [-0.15, -0.1) is 0 Å². The van der Waals surface area contributed by atoms with Gasteiger partial charge in [0.05, 0.1) is 11.1 Å². The normalized spacial score (nSPS) is 10.5. The molecule has 0 aliphatic rings. The summed E-state index contributed by atoms with van der Waals surface area (Å²) in [7, 11) is 0. The summed E-state index contributed by atoms with van der Waals surface area (Å²) in [5.74, 6) is -0.152. The summed E-state index contributed by atoms with van der Waals surface area (Å²) in [5, 5.41) is 2.91. The van der Waals surface area contributed by atoms with Gasteiger partial charge in [0.15, 0.2) is 0 Å². The van der Waals surface area contributed by atoms with Crippen molar-refractivity contribution in [1.82, 2.24) is 15.3 Å². The van der Waals surface area contributed by atoms with Gasteiger partial charge in [0.2, 0.25) is 0 Å². The van der Waals surface area contributed by atoms with Crippen LogP contribution in [0.1, 0.15) is 15.9 Å². The quantitative estimate of drug-likeness (QED) is 0.794. The van der Waals surface area contributed by atoms with E-state index in [1.54, 1.807) is 18.5 Å². The van der Waals surface area contributed by atoms with Gasteiger partial charge in [-0.25, -0.2) is 0 Å². The van der Waals surface area contributed by atoms with Crippen molar-refractivity contribution in [3.05, 3.63) is 70.5 Å². The highest BCUT2D eigenvalue weighted by molar-refractivity contribution is 9.10. The average molecular weight is 342 g/mol. The summed E-state index contributed by atoms with van der Waals surface area (Å²) >= 11 is 3.42. The number of amides is 1. The first-order chi connectivity index (χ1) is 10.2. The Morgan fingerprint density at radius 1 is 1.10 bits per heavy atom. The molecule has 0 bridgehead atoms. The largest absolute Gasteiger partial charge is 0.348 e. The summed E-state index contributed by atoms with van der Waals surface area (Å²) in [6.07, 6.45) is 3.21. The van der Waals surface area contributed by atoms with Crippen LogP contribution in [0.4, 0.5) is 0 Å². The summed E-state index contributed by atoms with van der Waals surface area (Å²) in [4.78, 5) is 20.8. The molecule has 0 unspecified atom stereocenters. The van der Waals surface area contributed by atoms with Gasteiger partial charge < -0.3 is 5.32 Å². The predicted molar refractivity (Wildman–Crippen MR) is 84.9 cm³/mol. The maximum atomic E-state index is 12.3. The van der Waals surface area contributed by atoms with Crippen molar-refractivity contribution in [2.45, 2.75) is 6.54 Å². The number of hydrogen-bond acceptors (Lipinski definition) is 3. The molecule has 104 valence electrons. The molecule has 4 nitrogen and oxygen atoms in total. The highest BCUT2D eigenvalue weighted by atomic mass is 79.9. The fraction of sp³-hybridized carbons (Fsp3) is 0.0625. The van der Waals surface area contributed by atoms with Crippen molar-refractivity contribution >= 4 is 32.9 Å². The monoisotopic (exact) mass is 341 g/mol. The number of carbonyl (C=O) groups excluding carboxylic acids is 1. The Hall–Kier alpha value is -2.27. The van der Waals surface area contributed by atoms with Crippen LogP contribution in [0.15, 0.2) is 59.3 Å². The second-order valence-corrected chi connectivity index (χ2v) is 5.46. The summed E-state index contributed by atoms with van der Waals surface area (Å²) in [5.41, 5.74) is 2.90. The number of rotatable bonds is 3. The van der Waals surface area contributed by atoms with E-state index in [2.05, 4.69) is 31.2 Å². The Bertz CT molecular complexity index is 799. The minimum Gasteiger partial charge on any atom is -0.348 e. The number of benzene rings is 2. The number of halogens is 1. The van der Waals surface area contributed by atoms with Crippen LogP contribution >= 0.6 is 15.9 Å². The van der Waals surface area contributed by atoms with E-state index in [4.69, 9.17) is 0 Å². The minimum absolute atomic E-state index is 0.152. The highest BCUT2D eigenvalue weighted by Gasteiger charge is 2.10. The van der Waals surface area contributed by atoms with Crippen LogP contribution in [0.5, 0.6) is 0 Å². The van der Waals surface area contributed by atoms with Crippen molar-refractivity contribution in [3.63, 3.8) is 0 Å². The molecule has 2 aromatic carbocycles. The number of nitrogens with one attached hydrogen (secondary N) is 1. The first-order valence-electron chi connectivity index (χ1n) is 6.46. The van der Waals surface area contributed by atoms with Crippen LogP contribution in [-0.4, -0.2) is 15.9 Å². The average Bonchev–Trinajstić information content (AvgIpc) is 2.52. The first-order valence-corrected chi connectivity index (χ1v) is 7.26. The lowest BCUT2D eigenvalue weighted by Crippen LogP contribution is -2.23. The summed E-state index contributed by atoms with van der Waals surface area (Å²) in [6.45, 7) is 0.467. The van der Waals surface area contributed by atoms with Crippen LogP contribution in [0.2, 0.25) is 0 Å². The molecule has 0 atom stereocenters. The Morgan fingerprint density at radius 3 is 2.76 bits per heavy atom. The third-order valence-electron chi connectivity index (χ3n) is 3.09. The van der Waals surface area contributed by atoms with Gasteiger partial charge in [-0.3, -0.25) is 14.8 Å². The van der Waals surface area contributed by atoms with E-state index < -0.39 is 0 Å². The Morgan fingerprint density at radius 2 is 1.90 bits per heavy atom. The Balaban J connectivity index is 1.81. The molecule has 1 N–H and O–H groups in total. The van der Waals surface area contributed by atoms with Crippen LogP contribution < -0.4 is 5.32 Å². The van der Waals surface area contributed by atoms with E-state index >= 15 is 0 Å². The Labute approximate surface area is 130 Å². The second-order valence-electron chi connectivity index (χ2n) is 4.54. The molecule has 1 amide bonds. The third kappa shape index (κ3) is 3.08. The van der Waals surface area contributed by atoms with Gasteiger partial charge >= 0.3 is 0 Å². The molecule has 3 rings (SSSR count). The standard InChI is InChI=1S/C16H12BrN3O/c17-12-4-1-3-11(9-12)10-20-16(21)13-5-2-6-14-15(13)19-8-7-18-14/h1-9H,10H2,(H,20,21). The second kappa shape index (κ2) is 6.01. The van der Waals surface area contributed by atoms with Gasteiger partial charge in [-0.2, -0.15) is 0 Å². The molecule has 5 heteroatoms. The molecule has 0 saturated heterocycles. The van der Waals surface area contributed by atoms with Gasteiger partial charge in [-0.05, 0) is 29.8 Å². The fourth-order valence-electron chi connectivity index (χ4n) is 2.10. The molecule has 0 aliphatic carbocycles. The predicted octanol–water partition coefficient (Wildman–Crippen LogP) is 3.32. The molecule has 1 aromatic heterocycles. The van der Waals surface area contributed by atoms with E-state index in [-0.39, 0.29) is 5.91 Å². The minimum atomic E-state index is -0.152. The first kappa shape index (κ1) is 13.7. The van der Waals surface area contributed by atoms with E-state index in [0.29, 0.717) is 23.1 Å². The lowest BCUT2D eigenvalue weighted by atomic mass is 10.1. The molecular formula is C16H12BrN3O. The van der Waals surface area contributed by atoms with Gasteiger partial charge in [0.1, 0.15) is 5.52 Å². The van der Waals surface area contributed by atoms with Gasteiger partial charge in [0, 0.05) is 23.4 Å². The zero-order valence-electron chi connectivity index (χ0n) is 11.1.